The van der Waals surface area contributed by atoms with Crippen LogP contribution in [-0.2, 0) is 16.6 Å². The Morgan fingerprint density at radius 2 is 2.33 bits per heavy atom. The van der Waals surface area contributed by atoms with E-state index in [4.69, 9.17) is 4.74 Å². The van der Waals surface area contributed by atoms with Gasteiger partial charge in [0.1, 0.15) is 11.9 Å². The van der Waals surface area contributed by atoms with Crippen molar-refractivity contribution in [3.63, 3.8) is 0 Å². The number of esters is 1. The Morgan fingerprint density at radius 3 is 2.81 bits per heavy atom. The molecule has 0 bridgehead atoms. The molecule has 0 amide bonds. The van der Waals surface area contributed by atoms with Gasteiger partial charge in [-0.15, -0.1) is 0 Å². The number of carbonyl (C=O) groups is 1. The molecule has 2 rings (SSSR count). The molecule has 0 radical (unpaired) electrons. The highest BCUT2D eigenvalue weighted by atomic mass is 32.2. The zero-order valence-electron chi connectivity index (χ0n) is 13.1. The van der Waals surface area contributed by atoms with Crippen LogP contribution >= 0.6 is 11.8 Å². The number of hydrogen-bond acceptors (Lipinski definition) is 6. The van der Waals surface area contributed by atoms with Crippen LogP contribution in [0, 0.1) is 5.92 Å². The van der Waals surface area contributed by atoms with E-state index < -0.39 is 5.54 Å². The first-order chi connectivity index (χ1) is 9.99. The quantitative estimate of drug-likeness (QED) is 0.581. The van der Waals surface area contributed by atoms with Crippen molar-refractivity contribution in [3.05, 3.63) is 6.33 Å². The molecule has 1 N–H and O–H groups in total. The van der Waals surface area contributed by atoms with E-state index in [0.29, 0.717) is 18.3 Å². The molecular formula is C14H24N4O2S. The van der Waals surface area contributed by atoms with E-state index in [0.717, 1.165) is 18.0 Å². The van der Waals surface area contributed by atoms with Crippen LogP contribution in [0.4, 0.5) is 0 Å². The summed E-state index contributed by atoms with van der Waals surface area (Å²) < 4.78 is 7.08. The molecule has 1 unspecified atom stereocenters. The van der Waals surface area contributed by atoms with Crippen LogP contribution < -0.4 is 5.32 Å². The lowest BCUT2D eigenvalue weighted by Gasteiger charge is -2.34. The second-order valence-electron chi connectivity index (χ2n) is 5.72. The van der Waals surface area contributed by atoms with Crippen molar-refractivity contribution in [3.8, 4) is 0 Å². The van der Waals surface area contributed by atoms with Gasteiger partial charge in [-0.3, -0.25) is 10.1 Å². The van der Waals surface area contributed by atoms with Crippen molar-refractivity contribution in [1.82, 2.24) is 20.1 Å². The molecule has 1 aromatic rings. The first-order valence-electron chi connectivity index (χ1n) is 7.41. The number of ether oxygens (including phenoxy) is 1. The lowest BCUT2D eigenvalue weighted by atomic mass is 9.94. The molecule has 7 heteroatoms. The van der Waals surface area contributed by atoms with Gasteiger partial charge in [0, 0.05) is 18.8 Å². The molecule has 1 aromatic heterocycles. The molecule has 1 aliphatic rings. The largest absolute Gasteiger partial charge is 0.465 e. The predicted octanol–water partition coefficient (Wildman–Crippen LogP) is 1.62. The summed E-state index contributed by atoms with van der Waals surface area (Å²) >= 11 is 1.55. The maximum absolute atomic E-state index is 12.6. The van der Waals surface area contributed by atoms with Crippen molar-refractivity contribution < 1.29 is 9.53 Å². The molecular weight excluding hydrogens is 288 g/mol. The number of carbonyl (C=O) groups excluding carboxylic acids is 1. The first-order valence-corrected chi connectivity index (χ1v) is 8.40. The summed E-state index contributed by atoms with van der Waals surface area (Å²) in [6.07, 6.45) is 3.66. The van der Waals surface area contributed by atoms with E-state index in [1.807, 2.05) is 14.0 Å². The number of nitrogens with zero attached hydrogens (tertiary/aromatic N) is 3. The molecule has 0 aromatic carbocycles. The third-order valence-electron chi connectivity index (χ3n) is 3.56. The van der Waals surface area contributed by atoms with Crippen LogP contribution in [0.1, 0.15) is 33.6 Å². The lowest BCUT2D eigenvalue weighted by molar-refractivity contribution is -0.151. The minimum absolute atomic E-state index is 0.143. The summed E-state index contributed by atoms with van der Waals surface area (Å²) in [7, 11) is 1.86. The maximum Gasteiger partial charge on any atom is 0.327 e. The van der Waals surface area contributed by atoms with E-state index in [1.165, 1.54) is 6.33 Å². The first kappa shape index (κ1) is 16.3. The van der Waals surface area contributed by atoms with Gasteiger partial charge >= 0.3 is 5.97 Å². The van der Waals surface area contributed by atoms with Gasteiger partial charge in [0.2, 0.25) is 0 Å². The summed E-state index contributed by atoms with van der Waals surface area (Å²) in [5.41, 5.74) is -0.624. The van der Waals surface area contributed by atoms with Crippen molar-refractivity contribution in [1.29, 1.82) is 0 Å². The Morgan fingerprint density at radius 1 is 1.62 bits per heavy atom. The summed E-state index contributed by atoms with van der Waals surface area (Å²) in [6, 6.07) is 0.218. The summed E-state index contributed by atoms with van der Waals surface area (Å²) in [5.74, 6) is 0.817. The van der Waals surface area contributed by atoms with Crippen molar-refractivity contribution >= 4 is 17.7 Å². The van der Waals surface area contributed by atoms with Crippen molar-refractivity contribution in [2.24, 2.45) is 13.0 Å². The SMILES string of the molecule is CCOC(=O)C(CSc1ncnn1C)(NC(C)C)C1CC1. The Bertz CT molecular complexity index is 487. The average Bonchev–Trinajstić information content (AvgIpc) is 3.19. The summed E-state index contributed by atoms with van der Waals surface area (Å²) in [5, 5.41) is 8.35. The number of hydrogen-bond donors (Lipinski definition) is 1. The fourth-order valence-electron chi connectivity index (χ4n) is 2.51. The number of aryl methyl sites for hydroxylation is 1. The highest BCUT2D eigenvalue weighted by Gasteiger charge is 2.52. The van der Waals surface area contributed by atoms with E-state index >= 15 is 0 Å². The van der Waals surface area contributed by atoms with Gasteiger partial charge < -0.3 is 4.74 Å². The molecule has 1 aliphatic carbocycles. The standard InChI is InChI=1S/C14H24N4O2S/c1-5-20-12(19)14(11-6-7-11,17-10(2)3)8-21-13-15-9-16-18(13)4/h9-11,17H,5-8H2,1-4H3. The number of aromatic nitrogens is 3. The zero-order valence-corrected chi connectivity index (χ0v) is 13.9. The van der Waals surface area contributed by atoms with Crippen molar-refractivity contribution in [2.75, 3.05) is 12.4 Å². The second kappa shape index (κ2) is 6.79. The lowest BCUT2D eigenvalue weighted by Crippen LogP contribution is -2.59. The maximum atomic E-state index is 12.6. The van der Waals surface area contributed by atoms with E-state index in [9.17, 15) is 4.79 Å². The topological polar surface area (TPSA) is 69.0 Å². The highest BCUT2D eigenvalue weighted by molar-refractivity contribution is 7.99. The minimum Gasteiger partial charge on any atom is -0.465 e. The van der Waals surface area contributed by atoms with Gasteiger partial charge in [-0.1, -0.05) is 11.8 Å². The fourth-order valence-corrected chi connectivity index (χ4v) is 3.66. The zero-order chi connectivity index (χ0) is 15.5. The third-order valence-corrected chi connectivity index (χ3v) is 4.79. The molecule has 21 heavy (non-hydrogen) atoms. The van der Waals surface area contributed by atoms with Crippen molar-refractivity contribution in [2.45, 2.75) is 50.4 Å². The molecule has 0 aliphatic heterocycles. The Kier molecular flexibility index (Phi) is 5.27. The van der Waals surface area contributed by atoms with Crippen LogP contribution in [0.3, 0.4) is 0 Å². The molecule has 0 spiro atoms. The number of nitrogens with one attached hydrogen (secondary N) is 1. The van der Waals surface area contributed by atoms with E-state index in [1.54, 1.807) is 16.4 Å². The number of rotatable bonds is 8. The van der Waals surface area contributed by atoms with Gasteiger partial charge in [-0.2, -0.15) is 5.10 Å². The monoisotopic (exact) mass is 312 g/mol. The van der Waals surface area contributed by atoms with Gasteiger partial charge in [0.25, 0.3) is 0 Å². The van der Waals surface area contributed by atoms with Crippen LogP contribution in [-0.4, -0.2) is 44.7 Å². The second-order valence-corrected chi connectivity index (χ2v) is 6.66. The van der Waals surface area contributed by atoms with Gasteiger partial charge in [0.05, 0.1) is 6.61 Å². The Labute approximate surface area is 130 Å². The molecule has 1 saturated carbocycles. The predicted molar refractivity (Wildman–Crippen MR) is 82.1 cm³/mol. The third kappa shape index (κ3) is 3.77. The van der Waals surface area contributed by atoms with Crippen LogP contribution in [0.25, 0.3) is 0 Å². The van der Waals surface area contributed by atoms with Gasteiger partial charge in [0.15, 0.2) is 5.16 Å². The summed E-state index contributed by atoms with van der Waals surface area (Å²) in [6.45, 7) is 6.37. The van der Waals surface area contributed by atoms with E-state index in [2.05, 4.69) is 29.2 Å². The molecule has 118 valence electrons. The Balaban J connectivity index is 2.17. The average molecular weight is 312 g/mol. The minimum atomic E-state index is -0.624. The highest BCUT2D eigenvalue weighted by Crippen LogP contribution is 2.43. The molecule has 1 fully saturated rings. The normalized spacial score (nSPS) is 17.8. The van der Waals surface area contributed by atoms with Crippen LogP contribution in [0.15, 0.2) is 11.5 Å². The molecule has 0 saturated heterocycles. The summed E-state index contributed by atoms with van der Waals surface area (Å²) in [4.78, 5) is 16.8. The Hall–Kier alpha value is -1.08. The van der Waals surface area contributed by atoms with Crippen LogP contribution in [0.2, 0.25) is 0 Å². The van der Waals surface area contributed by atoms with Gasteiger partial charge in [-0.05, 0) is 39.5 Å². The number of thioether (sulfide) groups is 1. The molecule has 1 heterocycles. The fraction of sp³-hybridized carbons (Fsp3) is 0.786. The van der Waals surface area contributed by atoms with E-state index in [-0.39, 0.29) is 12.0 Å². The molecule has 1 atom stereocenters. The van der Waals surface area contributed by atoms with Gasteiger partial charge in [-0.25, -0.2) is 9.67 Å². The smallest absolute Gasteiger partial charge is 0.327 e. The van der Waals surface area contributed by atoms with Crippen LogP contribution in [0.5, 0.6) is 0 Å². The molecule has 6 nitrogen and oxygen atoms in total.